The fourth-order valence-electron chi connectivity index (χ4n) is 8.47. The first-order chi connectivity index (χ1) is 26.4. The highest BCUT2D eigenvalue weighted by molar-refractivity contribution is 7.90. The van der Waals surface area contributed by atoms with Crippen molar-refractivity contribution >= 4 is 44.4 Å². The number of nitrogens with one attached hydrogen (secondary N) is 1. The summed E-state index contributed by atoms with van der Waals surface area (Å²) in [7, 11) is -3.88. The summed E-state index contributed by atoms with van der Waals surface area (Å²) >= 11 is 0. The van der Waals surface area contributed by atoms with E-state index in [1.807, 2.05) is 19.1 Å². The van der Waals surface area contributed by atoms with Crippen LogP contribution in [0, 0.1) is 34.9 Å². The lowest BCUT2D eigenvalue weighted by Gasteiger charge is -2.33. The highest BCUT2D eigenvalue weighted by Gasteiger charge is 2.61. The molecule has 6 rings (SSSR count). The third-order valence-corrected chi connectivity index (χ3v) is 13.5. The molecule has 0 unspecified atom stereocenters. The first kappa shape index (κ1) is 41.6. The number of ketones is 1. The SMILES string of the molecule is CCOc1cc2ccnc(O[C@@H]3C[C@H]4C(=O)C[C@]5(C(=O)NS(=O)(=O)C6CC6)C[C@H]5/C=C\CC[C@H](C)C[C@@H](CC)[C@H](CC(=O)OC(C)(C)C)C(=O)N4C3)c2cc1F. The Bertz CT molecular complexity index is 1980. The quantitative estimate of drug-likeness (QED) is 0.209. The molecule has 0 spiro atoms. The van der Waals surface area contributed by atoms with Crippen LogP contribution in [-0.2, 0) is 33.9 Å². The number of esters is 1. The predicted octanol–water partition coefficient (Wildman–Crippen LogP) is 6.45. The Labute approximate surface area is 329 Å². The molecule has 14 heteroatoms. The number of pyridine rings is 1. The van der Waals surface area contributed by atoms with Crippen LogP contribution in [0.25, 0.3) is 10.8 Å². The zero-order chi connectivity index (χ0) is 40.6. The zero-order valence-electron chi connectivity index (χ0n) is 33.3. The number of ether oxygens (including phenoxy) is 3. The highest BCUT2D eigenvalue weighted by atomic mass is 32.2. The van der Waals surface area contributed by atoms with Crippen LogP contribution in [-0.4, -0.2) is 78.0 Å². The lowest BCUT2D eigenvalue weighted by molar-refractivity contribution is -0.160. The number of hydrogen-bond donors (Lipinski definition) is 1. The van der Waals surface area contributed by atoms with Gasteiger partial charge in [-0.1, -0.05) is 32.4 Å². The second-order valence-electron chi connectivity index (χ2n) is 17.2. The van der Waals surface area contributed by atoms with E-state index < -0.39 is 67.8 Å². The number of nitrogens with zero attached hydrogens (tertiary/aromatic N) is 2. The van der Waals surface area contributed by atoms with Gasteiger partial charge in [0.25, 0.3) is 0 Å². The second kappa shape index (κ2) is 16.4. The number of Topliss-reactive ketones (excluding diaryl/α,β-unsaturated/α-hetero) is 1. The fraction of sp³-hybridized carbons (Fsp3) is 0.643. The standard InChI is InChI=1S/C42H56FN3O9S/c1-7-26-17-25(3)11-9-10-12-28-22-42(28,40(50)45-56(51,52)30-13-14-30)23-35(47)34-19-29(24-46(34)39(49)32(26)21-37(48)55-41(4,5)6)54-38-31-20-33(43)36(53-8-2)18-27(31)15-16-44-38/h10,12,15-16,18,20,25-26,28-30,32,34H,7-9,11,13-14,17,19,21-24H2,1-6H3,(H,45,50)/b12-10-/t25-,26+,28+,29+,32-,34-,42+/m0/s1. The van der Waals surface area contributed by atoms with E-state index in [4.69, 9.17) is 14.2 Å². The normalized spacial score (nSPS) is 29.4. The first-order valence-corrected chi connectivity index (χ1v) is 21.6. The van der Waals surface area contributed by atoms with Gasteiger partial charge in [-0.15, -0.1) is 0 Å². The van der Waals surface area contributed by atoms with E-state index in [9.17, 15) is 27.6 Å². The number of carbonyl (C=O) groups excluding carboxylic acids is 4. The van der Waals surface area contributed by atoms with Gasteiger partial charge in [0.2, 0.25) is 27.7 Å². The minimum Gasteiger partial charge on any atom is -0.491 e. The van der Waals surface area contributed by atoms with Gasteiger partial charge in [-0.05, 0) is 108 Å². The van der Waals surface area contributed by atoms with Crippen LogP contribution in [0.2, 0.25) is 0 Å². The van der Waals surface area contributed by atoms with Crippen molar-refractivity contribution in [2.45, 2.75) is 129 Å². The summed E-state index contributed by atoms with van der Waals surface area (Å²) in [5.74, 6) is -3.53. The summed E-state index contributed by atoms with van der Waals surface area (Å²) in [6.07, 6.45) is 8.33. The van der Waals surface area contributed by atoms with E-state index in [1.54, 1.807) is 39.8 Å². The molecular weight excluding hydrogens is 742 g/mol. The van der Waals surface area contributed by atoms with Crippen molar-refractivity contribution in [1.29, 1.82) is 0 Å². The number of allylic oxidation sites excluding steroid dienone is 2. The Hall–Kier alpha value is -4.07. The Balaban J connectivity index is 1.36. The van der Waals surface area contributed by atoms with Gasteiger partial charge in [-0.25, -0.2) is 17.8 Å². The molecule has 2 aromatic rings. The van der Waals surface area contributed by atoms with E-state index in [0.29, 0.717) is 49.3 Å². The van der Waals surface area contributed by atoms with Gasteiger partial charge in [0.05, 0.1) is 42.2 Å². The molecule has 0 radical (unpaired) electrons. The van der Waals surface area contributed by atoms with E-state index in [-0.39, 0.29) is 67.7 Å². The number of rotatable bonds is 10. The molecule has 1 N–H and O–H groups in total. The van der Waals surface area contributed by atoms with E-state index >= 15 is 4.39 Å². The molecule has 1 aromatic heterocycles. The van der Waals surface area contributed by atoms with E-state index in [0.717, 1.165) is 6.42 Å². The van der Waals surface area contributed by atoms with Crippen molar-refractivity contribution in [3.05, 3.63) is 42.4 Å². The van der Waals surface area contributed by atoms with Gasteiger partial charge in [-0.2, -0.15) is 0 Å². The molecule has 1 aromatic carbocycles. The average Bonchev–Trinajstić information content (AvgIpc) is 4.05. The van der Waals surface area contributed by atoms with Crippen molar-refractivity contribution in [2.24, 2.45) is 29.1 Å². The number of halogens is 1. The van der Waals surface area contributed by atoms with Crippen LogP contribution in [0.3, 0.4) is 0 Å². The third-order valence-electron chi connectivity index (χ3n) is 11.7. The molecule has 306 valence electrons. The monoisotopic (exact) mass is 797 g/mol. The zero-order valence-corrected chi connectivity index (χ0v) is 34.2. The maximum absolute atomic E-state index is 15.1. The highest BCUT2D eigenvalue weighted by Crippen LogP contribution is 2.57. The Morgan fingerprint density at radius 2 is 1.86 bits per heavy atom. The lowest BCUT2D eigenvalue weighted by atomic mass is 9.79. The van der Waals surface area contributed by atoms with E-state index in [2.05, 4.69) is 16.6 Å². The lowest BCUT2D eigenvalue weighted by Crippen LogP contribution is -2.48. The molecule has 3 heterocycles. The van der Waals surface area contributed by atoms with Crippen molar-refractivity contribution in [1.82, 2.24) is 14.6 Å². The Kier molecular flexibility index (Phi) is 12.2. The van der Waals surface area contributed by atoms with Gasteiger partial charge in [0.15, 0.2) is 17.3 Å². The number of benzene rings is 1. The summed E-state index contributed by atoms with van der Waals surface area (Å²) in [5.41, 5.74) is -2.06. The van der Waals surface area contributed by atoms with Crippen LogP contribution < -0.4 is 14.2 Å². The van der Waals surface area contributed by atoms with Crippen LogP contribution in [0.4, 0.5) is 4.39 Å². The van der Waals surface area contributed by atoms with Gasteiger partial charge < -0.3 is 19.1 Å². The smallest absolute Gasteiger partial charge is 0.307 e. The maximum atomic E-state index is 15.1. The van der Waals surface area contributed by atoms with Crippen LogP contribution in [0.5, 0.6) is 11.6 Å². The van der Waals surface area contributed by atoms with Crippen molar-refractivity contribution in [3.8, 4) is 11.6 Å². The molecule has 3 fully saturated rings. The number of carbonyl (C=O) groups is 4. The third kappa shape index (κ3) is 9.37. The molecule has 2 aliphatic carbocycles. The molecule has 1 saturated heterocycles. The Morgan fingerprint density at radius 1 is 1.11 bits per heavy atom. The summed E-state index contributed by atoms with van der Waals surface area (Å²) < 4.78 is 60.8. The topological polar surface area (TPSA) is 158 Å². The number of sulfonamides is 1. The summed E-state index contributed by atoms with van der Waals surface area (Å²) in [4.78, 5) is 62.8. The number of fused-ring (bicyclic) bond motifs is 3. The number of hydrogen-bond acceptors (Lipinski definition) is 10. The summed E-state index contributed by atoms with van der Waals surface area (Å²) in [6, 6.07) is 3.52. The number of amides is 2. The maximum Gasteiger partial charge on any atom is 0.307 e. The average molecular weight is 798 g/mol. The predicted molar refractivity (Wildman–Crippen MR) is 208 cm³/mol. The largest absolute Gasteiger partial charge is 0.491 e. The minimum atomic E-state index is -3.88. The van der Waals surface area contributed by atoms with Crippen molar-refractivity contribution in [2.75, 3.05) is 13.2 Å². The van der Waals surface area contributed by atoms with Gasteiger partial charge in [0, 0.05) is 24.4 Å². The molecular formula is C42H56FN3O9S. The first-order valence-electron chi connectivity index (χ1n) is 20.1. The molecule has 7 atom stereocenters. The van der Waals surface area contributed by atoms with Crippen LogP contribution >= 0.6 is 0 Å². The molecule has 2 saturated carbocycles. The number of aromatic nitrogens is 1. The van der Waals surface area contributed by atoms with Crippen LogP contribution in [0.15, 0.2) is 36.5 Å². The second-order valence-corrected chi connectivity index (χ2v) is 19.2. The van der Waals surface area contributed by atoms with Crippen molar-refractivity contribution in [3.63, 3.8) is 0 Å². The van der Waals surface area contributed by atoms with Gasteiger partial charge >= 0.3 is 5.97 Å². The minimum absolute atomic E-state index is 0.0256. The Morgan fingerprint density at radius 3 is 2.54 bits per heavy atom. The van der Waals surface area contributed by atoms with E-state index in [1.165, 1.54) is 17.2 Å². The molecule has 2 amide bonds. The van der Waals surface area contributed by atoms with Gasteiger partial charge in [0.1, 0.15) is 11.7 Å². The molecule has 0 bridgehead atoms. The van der Waals surface area contributed by atoms with Gasteiger partial charge in [-0.3, -0.25) is 23.9 Å². The summed E-state index contributed by atoms with van der Waals surface area (Å²) in [6.45, 7) is 11.4. The summed E-state index contributed by atoms with van der Waals surface area (Å²) in [5, 5.41) is 0.392. The van der Waals surface area contributed by atoms with Crippen LogP contribution in [0.1, 0.15) is 106 Å². The molecule has 12 nitrogen and oxygen atoms in total. The van der Waals surface area contributed by atoms with Crippen molar-refractivity contribution < 1.29 is 46.2 Å². The molecule has 2 aliphatic heterocycles. The molecule has 4 aliphatic rings. The molecule has 56 heavy (non-hydrogen) atoms. The fourth-order valence-corrected chi connectivity index (χ4v) is 9.86.